The molecule has 20 heavy (non-hydrogen) atoms. The zero-order valence-electron chi connectivity index (χ0n) is 12.0. The maximum atomic E-state index is 13.6. The molecule has 1 rings (SSSR count). The van der Waals surface area contributed by atoms with Gasteiger partial charge in [0.25, 0.3) is 5.91 Å². The van der Waals surface area contributed by atoms with E-state index >= 15 is 0 Å². The molecule has 6 nitrogen and oxygen atoms in total. The molecule has 7 heteroatoms. The third-order valence-corrected chi connectivity index (χ3v) is 2.40. The molecule has 1 unspecified atom stereocenters. The molecule has 1 aromatic heterocycles. The van der Waals surface area contributed by atoms with E-state index in [9.17, 15) is 14.0 Å². The number of nitrogen functional groups attached to an aromatic ring is 1. The van der Waals surface area contributed by atoms with Crippen molar-refractivity contribution < 1.29 is 14.0 Å². The van der Waals surface area contributed by atoms with Crippen LogP contribution in [-0.2, 0) is 4.79 Å². The Bertz CT molecular complexity index is 526. The first-order chi connectivity index (χ1) is 9.11. The van der Waals surface area contributed by atoms with E-state index in [0.29, 0.717) is 0 Å². The molecule has 0 aliphatic carbocycles. The number of halogens is 1. The number of amides is 2. The van der Waals surface area contributed by atoms with Crippen molar-refractivity contribution in [2.45, 2.75) is 39.3 Å². The Hall–Kier alpha value is -2.18. The van der Waals surface area contributed by atoms with E-state index in [1.807, 2.05) is 20.8 Å². The highest BCUT2D eigenvalue weighted by molar-refractivity contribution is 5.98. The third-order valence-electron chi connectivity index (χ3n) is 2.40. The molecule has 0 radical (unpaired) electrons. The Labute approximate surface area is 116 Å². The van der Waals surface area contributed by atoms with Gasteiger partial charge < -0.3 is 16.4 Å². The molecule has 0 aromatic carbocycles. The van der Waals surface area contributed by atoms with Gasteiger partial charge in [0.05, 0.1) is 5.56 Å². The van der Waals surface area contributed by atoms with Gasteiger partial charge in [0.15, 0.2) is 11.6 Å². The van der Waals surface area contributed by atoms with Crippen molar-refractivity contribution in [1.82, 2.24) is 15.6 Å². The number of nitrogens with one attached hydrogen (secondary N) is 2. The highest BCUT2D eigenvalue weighted by Gasteiger charge is 2.22. The number of hydrogen-bond acceptors (Lipinski definition) is 4. The Morgan fingerprint density at radius 1 is 1.40 bits per heavy atom. The number of rotatable bonds is 3. The summed E-state index contributed by atoms with van der Waals surface area (Å²) < 4.78 is 13.6. The van der Waals surface area contributed by atoms with Gasteiger partial charge in [0, 0.05) is 11.7 Å². The summed E-state index contributed by atoms with van der Waals surface area (Å²) in [5.74, 6) is -2.32. The molecule has 4 N–H and O–H groups in total. The van der Waals surface area contributed by atoms with Crippen molar-refractivity contribution in [3.05, 3.63) is 23.6 Å². The molecule has 0 aliphatic rings. The summed E-state index contributed by atoms with van der Waals surface area (Å²) in [6, 6.07) is 0.408. The fourth-order valence-corrected chi connectivity index (χ4v) is 1.45. The highest BCUT2D eigenvalue weighted by Crippen LogP contribution is 2.11. The van der Waals surface area contributed by atoms with Crippen LogP contribution < -0.4 is 16.4 Å². The van der Waals surface area contributed by atoms with Crippen molar-refractivity contribution in [2.75, 3.05) is 5.73 Å². The SMILES string of the molecule is CC(NC(=O)c1ccnc(N)c1F)C(=O)NC(C)(C)C. The van der Waals surface area contributed by atoms with E-state index in [2.05, 4.69) is 15.6 Å². The van der Waals surface area contributed by atoms with E-state index in [-0.39, 0.29) is 17.3 Å². The minimum atomic E-state index is -0.895. The summed E-state index contributed by atoms with van der Waals surface area (Å²) in [6.45, 7) is 6.98. The number of nitrogens with two attached hydrogens (primary N) is 1. The first kappa shape index (κ1) is 15.9. The Kier molecular flexibility index (Phi) is 4.65. The van der Waals surface area contributed by atoms with Gasteiger partial charge in [-0.3, -0.25) is 9.59 Å². The van der Waals surface area contributed by atoms with Crippen LogP contribution in [0.5, 0.6) is 0 Å². The maximum absolute atomic E-state index is 13.6. The fourth-order valence-electron chi connectivity index (χ4n) is 1.45. The van der Waals surface area contributed by atoms with Gasteiger partial charge >= 0.3 is 0 Å². The molecular weight excluding hydrogens is 263 g/mol. The molecule has 0 spiro atoms. The number of pyridine rings is 1. The second-order valence-corrected chi connectivity index (χ2v) is 5.49. The zero-order valence-corrected chi connectivity index (χ0v) is 12.0. The van der Waals surface area contributed by atoms with Crippen LogP contribution in [0.1, 0.15) is 38.1 Å². The Balaban J connectivity index is 2.76. The van der Waals surface area contributed by atoms with E-state index in [0.717, 1.165) is 0 Å². The summed E-state index contributed by atoms with van der Waals surface area (Å²) in [7, 11) is 0. The summed E-state index contributed by atoms with van der Waals surface area (Å²) in [6.07, 6.45) is 1.23. The van der Waals surface area contributed by atoms with Gasteiger partial charge in [-0.05, 0) is 33.8 Å². The van der Waals surface area contributed by atoms with Crippen molar-refractivity contribution in [2.24, 2.45) is 0 Å². The lowest BCUT2D eigenvalue weighted by atomic mass is 10.1. The van der Waals surface area contributed by atoms with Gasteiger partial charge in [-0.15, -0.1) is 0 Å². The summed E-state index contributed by atoms with van der Waals surface area (Å²) >= 11 is 0. The molecule has 1 aromatic rings. The average Bonchev–Trinajstić information content (AvgIpc) is 2.30. The standard InChI is InChI=1S/C13H19FN4O2/c1-7(11(19)18-13(2,3)4)17-12(20)8-5-6-16-10(15)9(8)14/h5-7H,1-4H3,(H2,15,16)(H,17,20)(H,18,19). The van der Waals surface area contributed by atoms with Gasteiger partial charge in [-0.1, -0.05) is 0 Å². The minimum Gasteiger partial charge on any atom is -0.381 e. The first-order valence-corrected chi connectivity index (χ1v) is 6.14. The second-order valence-electron chi connectivity index (χ2n) is 5.49. The van der Waals surface area contributed by atoms with E-state index in [1.165, 1.54) is 19.2 Å². The van der Waals surface area contributed by atoms with Crippen LogP contribution in [0.15, 0.2) is 12.3 Å². The quantitative estimate of drug-likeness (QED) is 0.765. The molecule has 0 saturated carbocycles. The molecule has 2 amide bonds. The number of anilines is 1. The number of nitrogens with zero attached hydrogens (tertiary/aromatic N) is 1. The molecule has 1 heterocycles. The molecule has 0 aliphatic heterocycles. The van der Waals surface area contributed by atoms with Crippen molar-refractivity contribution in [1.29, 1.82) is 0 Å². The third kappa shape index (κ3) is 4.18. The van der Waals surface area contributed by atoms with Crippen LogP contribution >= 0.6 is 0 Å². The lowest BCUT2D eigenvalue weighted by Crippen LogP contribution is -2.50. The molecule has 110 valence electrons. The summed E-state index contributed by atoms with van der Waals surface area (Å²) in [4.78, 5) is 27.2. The average molecular weight is 282 g/mol. The number of hydrogen-bond donors (Lipinski definition) is 3. The fraction of sp³-hybridized carbons (Fsp3) is 0.462. The van der Waals surface area contributed by atoms with Gasteiger partial charge in [-0.2, -0.15) is 0 Å². The van der Waals surface area contributed by atoms with Gasteiger partial charge in [-0.25, -0.2) is 9.37 Å². The Morgan fingerprint density at radius 3 is 2.55 bits per heavy atom. The highest BCUT2D eigenvalue weighted by atomic mass is 19.1. The lowest BCUT2D eigenvalue weighted by Gasteiger charge is -2.23. The molecular formula is C13H19FN4O2. The van der Waals surface area contributed by atoms with Gasteiger partial charge in [0.2, 0.25) is 5.91 Å². The molecule has 1 atom stereocenters. The summed E-state index contributed by atoms with van der Waals surface area (Å²) in [5, 5.41) is 5.13. The normalized spacial score (nSPS) is 12.7. The van der Waals surface area contributed by atoms with Gasteiger partial charge in [0.1, 0.15) is 6.04 Å². The van der Waals surface area contributed by atoms with Crippen LogP contribution in [0, 0.1) is 5.82 Å². The number of carbonyl (C=O) groups is 2. The van der Waals surface area contributed by atoms with E-state index in [1.54, 1.807) is 0 Å². The van der Waals surface area contributed by atoms with E-state index < -0.39 is 23.3 Å². The van der Waals surface area contributed by atoms with Crippen LogP contribution in [0.25, 0.3) is 0 Å². The smallest absolute Gasteiger partial charge is 0.255 e. The number of aromatic nitrogens is 1. The topological polar surface area (TPSA) is 97.1 Å². The predicted octanol–water partition coefficient (Wildman–Crippen LogP) is 0.836. The minimum absolute atomic E-state index is 0.243. The van der Waals surface area contributed by atoms with E-state index in [4.69, 9.17) is 5.73 Å². The summed E-state index contributed by atoms with van der Waals surface area (Å²) in [5.41, 5.74) is 4.63. The lowest BCUT2D eigenvalue weighted by molar-refractivity contribution is -0.124. The molecule has 0 fully saturated rings. The predicted molar refractivity (Wildman–Crippen MR) is 73.4 cm³/mol. The second kappa shape index (κ2) is 5.85. The zero-order chi connectivity index (χ0) is 15.5. The van der Waals surface area contributed by atoms with Crippen LogP contribution in [-0.4, -0.2) is 28.4 Å². The van der Waals surface area contributed by atoms with Crippen molar-refractivity contribution in [3.8, 4) is 0 Å². The van der Waals surface area contributed by atoms with Crippen LogP contribution in [0.2, 0.25) is 0 Å². The van der Waals surface area contributed by atoms with Crippen LogP contribution in [0.4, 0.5) is 10.2 Å². The van der Waals surface area contributed by atoms with Crippen molar-refractivity contribution >= 4 is 17.6 Å². The van der Waals surface area contributed by atoms with Crippen molar-refractivity contribution in [3.63, 3.8) is 0 Å². The van der Waals surface area contributed by atoms with Crippen LogP contribution in [0.3, 0.4) is 0 Å². The molecule has 0 bridgehead atoms. The number of carbonyl (C=O) groups excluding carboxylic acids is 2. The monoisotopic (exact) mass is 282 g/mol. The largest absolute Gasteiger partial charge is 0.381 e. The first-order valence-electron chi connectivity index (χ1n) is 6.14. The molecule has 0 saturated heterocycles. The Morgan fingerprint density at radius 2 is 2.00 bits per heavy atom. The maximum Gasteiger partial charge on any atom is 0.255 e.